The molecule has 3 amide bonds. The molecule has 1 fully saturated rings. The number of hydrogen-bond donors (Lipinski definition) is 1. The van der Waals surface area contributed by atoms with Gasteiger partial charge in [0.15, 0.2) is 5.76 Å². The van der Waals surface area contributed by atoms with E-state index in [9.17, 15) is 14.4 Å². The van der Waals surface area contributed by atoms with Crippen LogP contribution in [-0.4, -0.2) is 59.7 Å². The van der Waals surface area contributed by atoms with Crippen LogP contribution in [0.3, 0.4) is 0 Å². The lowest BCUT2D eigenvalue weighted by Crippen LogP contribution is -2.55. The zero-order valence-electron chi connectivity index (χ0n) is 13.8. The van der Waals surface area contributed by atoms with E-state index in [2.05, 4.69) is 5.32 Å². The van der Waals surface area contributed by atoms with Crippen LogP contribution in [0.1, 0.15) is 27.2 Å². The summed E-state index contributed by atoms with van der Waals surface area (Å²) in [6.45, 7) is 3.43. The largest absolute Gasteiger partial charge is 0.459 e. The molecule has 1 atom stereocenters. The van der Waals surface area contributed by atoms with Crippen molar-refractivity contribution >= 4 is 29.1 Å². The van der Waals surface area contributed by atoms with E-state index in [4.69, 9.17) is 4.42 Å². The predicted octanol–water partition coefficient (Wildman–Crippen LogP) is 1.44. The smallest absolute Gasteiger partial charge is 0.289 e. The van der Waals surface area contributed by atoms with Gasteiger partial charge in [0.25, 0.3) is 11.8 Å². The van der Waals surface area contributed by atoms with Crippen LogP contribution in [-0.2, 0) is 4.79 Å². The third-order valence-electron chi connectivity index (χ3n) is 4.07. The Kier molecular flexibility index (Phi) is 5.18. The van der Waals surface area contributed by atoms with Crippen LogP contribution in [0.25, 0.3) is 0 Å². The fraction of sp³-hybridized carbons (Fsp3) is 0.353. The first kappa shape index (κ1) is 17.2. The number of thiophene rings is 1. The summed E-state index contributed by atoms with van der Waals surface area (Å²) in [6, 6.07) is 6.20. The first-order chi connectivity index (χ1) is 12.1. The summed E-state index contributed by atoms with van der Waals surface area (Å²) in [5, 5.41) is 4.54. The molecule has 1 aliphatic heterocycles. The van der Waals surface area contributed by atoms with Crippen molar-refractivity contribution in [2.24, 2.45) is 0 Å². The second-order valence-corrected chi connectivity index (χ2v) is 6.71. The molecule has 1 N–H and O–H groups in total. The Morgan fingerprint density at radius 1 is 1.12 bits per heavy atom. The molecule has 3 heterocycles. The fourth-order valence-electron chi connectivity index (χ4n) is 2.70. The summed E-state index contributed by atoms with van der Waals surface area (Å²) in [7, 11) is 0. The topological polar surface area (TPSA) is 82.9 Å². The highest BCUT2D eigenvalue weighted by molar-refractivity contribution is 7.12. The molecule has 132 valence electrons. The molecule has 7 nitrogen and oxygen atoms in total. The van der Waals surface area contributed by atoms with Gasteiger partial charge in [-0.15, -0.1) is 11.3 Å². The molecular weight excluding hydrogens is 342 g/mol. The van der Waals surface area contributed by atoms with E-state index >= 15 is 0 Å². The molecule has 0 radical (unpaired) electrons. The van der Waals surface area contributed by atoms with Gasteiger partial charge in [0.1, 0.15) is 6.04 Å². The highest BCUT2D eigenvalue weighted by Gasteiger charge is 2.29. The average molecular weight is 361 g/mol. The van der Waals surface area contributed by atoms with Crippen molar-refractivity contribution in [1.82, 2.24) is 15.1 Å². The van der Waals surface area contributed by atoms with Crippen LogP contribution in [0, 0.1) is 0 Å². The normalized spacial score (nSPS) is 15.7. The van der Waals surface area contributed by atoms with Gasteiger partial charge in [-0.3, -0.25) is 14.4 Å². The fourth-order valence-corrected chi connectivity index (χ4v) is 3.32. The predicted molar refractivity (Wildman–Crippen MR) is 92.4 cm³/mol. The third-order valence-corrected chi connectivity index (χ3v) is 4.94. The number of nitrogens with one attached hydrogen (secondary N) is 1. The zero-order valence-corrected chi connectivity index (χ0v) is 14.6. The molecule has 2 aromatic rings. The summed E-state index contributed by atoms with van der Waals surface area (Å²) < 4.78 is 5.12. The SMILES string of the molecule is CC(NC(=O)c1cccs1)C(=O)N1CCN(C(=O)c2ccco2)CC1. The highest BCUT2D eigenvalue weighted by Crippen LogP contribution is 2.11. The van der Waals surface area contributed by atoms with E-state index in [0.29, 0.717) is 36.8 Å². The zero-order chi connectivity index (χ0) is 17.8. The van der Waals surface area contributed by atoms with E-state index in [1.807, 2.05) is 5.38 Å². The summed E-state index contributed by atoms with van der Waals surface area (Å²) in [5.74, 6) is -0.259. The Bertz CT molecular complexity index is 734. The second-order valence-electron chi connectivity index (χ2n) is 5.77. The molecule has 8 heteroatoms. The van der Waals surface area contributed by atoms with E-state index in [0.717, 1.165) is 0 Å². The number of piperazine rings is 1. The molecule has 1 aliphatic rings. The average Bonchev–Trinajstić information content (AvgIpc) is 3.33. The van der Waals surface area contributed by atoms with Gasteiger partial charge in [0, 0.05) is 26.2 Å². The second kappa shape index (κ2) is 7.52. The first-order valence-electron chi connectivity index (χ1n) is 8.02. The lowest BCUT2D eigenvalue weighted by molar-refractivity contribution is -0.134. The minimum Gasteiger partial charge on any atom is -0.459 e. The first-order valence-corrected chi connectivity index (χ1v) is 8.90. The Morgan fingerprint density at radius 2 is 1.84 bits per heavy atom. The van der Waals surface area contributed by atoms with Gasteiger partial charge < -0.3 is 19.5 Å². The molecule has 0 saturated carbocycles. The maximum Gasteiger partial charge on any atom is 0.289 e. The van der Waals surface area contributed by atoms with E-state index in [-0.39, 0.29) is 17.7 Å². The van der Waals surface area contributed by atoms with Gasteiger partial charge >= 0.3 is 0 Å². The monoisotopic (exact) mass is 361 g/mol. The van der Waals surface area contributed by atoms with Crippen LogP contribution < -0.4 is 5.32 Å². The molecule has 0 aromatic carbocycles. The summed E-state index contributed by atoms with van der Waals surface area (Å²) in [4.78, 5) is 40.7. The molecule has 0 aliphatic carbocycles. The number of nitrogens with zero attached hydrogens (tertiary/aromatic N) is 2. The van der Waals surface area contributed by atoms with Crippen molar-refractivity contribution in [1.29, 1.82) is 0 Å². The third kappa shape index (κ3) is 3.90. The lowest BCUT2D eigenvalue weighted by Gasteiger charge is -2.35. The maximum absolute atomic E-state index is 12.5. The van der Waals surface area contributed by atoms with Gasteiger partial charge in [0.2, 0.25) is 5.91 Å². The van der Waals surface area contributed by atoms with E-state index in [1.165, 1.54) is 17.6 Å². The minimum absolute atomic E-state index is 0.144. The summed E-state index contributed by atoms with van der Waals surface area (Å²) in [6.07, 6.45) is 1.46. The maximum atomic E-state index is 12.5. The van der Waals surface area contributed by atoms with Gasteiger partial charge in [-0.1, -0.05) is 6.07 Å². The molecule has 1 saturated heterocycles. The van der Waals surface area contributed by atoms with E-state index < -0.39 is 6.04 Å². The van der Waals surface area contributed by atoms with Crippen LogP contribution >= 0.6 is 11.3 Å². The van der Waals surface area contributed by atoms with E-state index in [1.54, 1.807) is 41.0 Å². The van der Waals surface area contributed by atoms with Gasteiger partial charge in [-0.05, 0) is 30.5 Å². The number of hydrogen-bond acceptors (Lipinski definition) is 5. The van der Waals surface area contributed by atoms with Gasteiger partial charge in [0.05, 0.1) is 11.1 Å². The van der Waals surface area contributed by atoms with Gasteiger partial charge in [-0.25, -0.2) is 0 Å². The van der Waals surface area contributed by atoms with Crippen LogP contribution in [0.4, 0.5) is 0 Å². The molecule has 25 heavy (non-hydrogen) atoms. The highest BCUT2D eigenvalue weighted by atomic mass is 32.1. The summed E-state index contributed by atoms with van der Waals surface area (Å²) >= 11 is 1.33. The molecule has 2 aromatic heterocycles. The molecule has 3 rings (SSSR count). The van der Waals surface area contributed by atoms with Crippen LogP contribution in [0.2, 0.25) is 0 Å². The Balaban J connectivity index is 1.51. The quantitative estimate of drug-likeness (QED) is 0.893. The number of rotatable bonds is 4. The Hall–Kier alpha value is -2.61. The van der Waals surface area contributed by atoms with Crippen molar-refractivity contribution < 1.29 is 18.8 Å². The van der Waals surface area contributed by atoms with Crippen LogP contribution in [0.15, 0.2) is 40.3 Å². The molecular formula is C17H19N3O4S. The van der Waals surface area contributed by atoms with Gasteiger partial charge in [-0.2, -0.15) is 0 Å². The minimum atomic E-state index is -0.609. The van der Waals surface area contributed by atoms with Crippen LogP contribution in [0.5, 0.6) is 0 Å². The number of amides is 3. The lowest BCUT2D eigenvalue weighted by atomic mass is 10.2. The number of furan rings is 1. The number of carbonyl (C=O) groups is 3. The van der Waals surface area contributed by atoms with Crippen molar-refractivity contribution in [3.8, 4) is 0 Å². The van der Waals surface area contributed by atoms with Crippen molar-refractivity contribution in [2.75, 3.05) is 26.2 Å². The number of carbonyl (C=O) groups excluding carboxylic acids is 3. The standard InChI is InChI=1S/C17H19N3O4S/c1-12(18-15(21)14-5-3-11-25-14)16(22)19-6-8-20(9-7-19)17(23)13-4-2-10-24-13/h2-5,10-12H,6-9H2,1H3,(H,18,21). The molecule has 0 bridgehead atoms. The van der Waals surface area contributed by atoms with Crippen molar-refractivity contribution in [2.45, 2.75) is 13.0 Å². The summed E-state index contributed by atoms with van der Waals surface area (Å²) in [5.41, 5.74) is 0. The Labute approximate surface area is 149 Å². The van der Waals surface area contributed by atoms with Crippen molar-refractivity contribution in [3.05, 3.63) is 46.5 Å². The van der Waals surface area contributed by atoms with Crippen molar-refractivity contribution in [3.63, 3.8) is 0 Å². The Morgan fingerprint density at radius 3 is 2.44 bits per heavy atom. The molecule has 0 spiro atoms. The molecule has 1 unspecified atom stereocenters.